The zero-order valence-electron chi connectivity index (χ0n) is 10.8. The van der Waals surface area contributed by atoms with Crippen LogP contribution < -0.4 is 5.73 Å². The molecule has 0 fully saturated rings. The molecule has 2 atom stereocenters. The molecule has 0 aromatic carbocycles. The molecule has 5 nitrogen and oxygen atoms in total. The summed E-state index contributed by atoms with van der Waals surface area (Å²) in [6, 6.07) is 0.0476. The van der Waals surface area contributed by atoms with E-state index in [1.807, 2.05) is 26.4 Å². The molecule has 2 rings (SSSR count). The van der Waals surface area contributed by atoms with Crippen LogP contribution in [0.5, 0.6) is 0 Å². The third-order valence-corrected chi connectivity index (χ3v) is 4.00. The van der Waals surface area contributed by atoms with Crippen molar-refractivity contribution in [2.45, 2.75) is 36.8 Å². The predicted molar refractivity (Wildman–Crippen MR) is 71.3 cm³/mol. The molecular formula is C12H18N4OS. The molecule has 0 aliphatic rings. The average molecular weight is 266 g/mol. The molecule has 0 aliphatic heterocycles. The van der Waals surface area contributed by atoms with Crippen LogP contribution in [-0.2, 0) is 7.05 Å². The number of nitrogens with two attached hydrogens (primary N) is 1. The fourth-order valence-electron chi connectivity index (χ4n) is 1.70. The molecule has 0 saturated heterocycles. The van der Waals surface area contributed by atoms with Crippen molar-refractivity contribution in [3.8, 4) is 0 Å². The highest BCUT2D eigenvalue weighted by atomic mass is 32.2. The minimum absolute atomic E-state index is 0.0476. The van der Waals surface area contributed by atoms with E-state index in [0.717, 1.165) is 17.7 Å². The van der Waals surface area contributed by atoms with E-state index in [2.05, 4.69) is 17.0 Å². The predicted octanol–water partition coefficient (Wildman–Crippen LogP) is 2.29. The third-order valence-electron chi connectivity index (χ3n) is 2.74. The molecule has 2 unspecified atom stereocenters. The zero-order chi connectivity index (χ0) is 13.1. The number of aryl methyl sites for hydroxylation is 2. The summed E-state index contributed by atoms with van der Waals surface area (Å²) in [4.78, 5) is 4.31. The Labute approximate surface area is 111 Å². The van der Waals surface area contributed by atoms with E-state index < -0.39 is 0 Å². The zero-order valence-corrected chi connectivity index (χ0v) is 11.6. The molecular weight excluding hydrogens is 248 g/mol. The normalized spacial score (nSPS) is 14.7. The average Bonchev–Trinajstić information content (AvgIpc) is 2.94. The van der Waals surface area contributed by atoms with Crippen molar-refractivity contribution in [2.24, 2.45) is 12.8 Å². The molecule has 0 saturated carbocycles. The van der Waals surface area contributed by atoms with Crippen LogP contribution in [0.2, 0.25) is 0 Å². The summed E-state index contributed by atoms with van der Waals surface area (Å²) in [5.74, 6) is 0. The van der Waals surface area contributed by atoms with Gasteiger partial charge in [-0.15, -0.1) is 0 Å². The first-order chi connectivity index (χ1) is 8.60. The summed E-state index contributed by atoms with van der Waals surface area (Å²) in [6.07, 6.45) is 6.39. The topological polar surface area (TPSA) is 69.9 Å². The van der Waals surface area contributed by atoms with E-state index in [1.54, 1.807) is 22.7 Å². The van der Waals surface area contributed by atoms with Crippen molar-refractivity contribution >= 4 is 11.8 Å². The minimum atomic E-state index is 0.0476. The van der Waals surface area contributed by atoms with Gasteiger partial charge in [-0.3, -0.25) is 4.68 Å². The maximum atomic E-state index is 6.19. The van der Waals surface area contributed by atoms with Gasteiger partial charge in [0.15, 0.2) is 0 Å². The highest BCUT2D eigenvalue weighted by Crippen LogP contribution is 2.37. The Kier molecular flexibility index (Phi) is 4.08. The van der Waals surface area contributed by atoms with Crippen LogP contribution in [0.25, 0.3) is 0 Å². The van der Waals surface area contributed by atoms with Crippen LogP contribution in [0.4, 0.5) is 0 Å². The maximum absolute atomic E-state index is 6.19. The van der Waals surface area contributed by atoms with Gasteiger partial charge < -0.3 is 10.2 Å². The van der Waals surface area contributed by atoms with Gasteiger partial charge in [-0.25, -0.2) is 4.98 Å². The van der Waals surface area contributed by atoms with Crippen LogP contribution in [0.1, 0.15) is 29.9 Å². The number of hydrogen-bond acceptors (Lipinski definition) is 5. The second kappa shape index (κ2) is 5.58. The molecule has 0 amide bonds. The van der Waals surface area contributed by atoms with Gasteiger partial charge >= 0.3 is 0 Å². The second-order valence-electron chi connectivity index (χ2n) is 4.31. The van der Waals surface area contributed by atoms with Gasteiger partial charge in [0.1, 0.15) is 6.26 Å². The fraction of sp³-hybridized carbons (Fsp3) is 0.500. The van der Waals surface area contributed by atoms with Crippen LogP contribution in [0, 0.1) is 6.92 Å². The molecule has 2 aromatic heterocycles. The van der Waals surface area contributed by atoms with Crippen LogP contribution >= 0.6 is 11.8 Å². The van der Waals surface area contributed by atoms with E-state index in [-0.39, 0.29) is 11.3 Å². The molecule has 2 heterocycles. The van der Waals surface area contributed by atoms with E-state index in [1.165, 1.54) is 0 Å². The van der Waals surface area contributed by atoms with Crippen LogP contribution in [-0.4, -0.2) is 20.8 Å². The highest BCUT2D eigenvalue weighted by molar-refractivity contribution is 7.99. The lowest BCUT2D eigenvalue weighted by Gasteiger charge is -2.19. The monoisotopic (exact) mass is 266 g/mol. The smallest absolute Gasteiger partial charge is 0.256 e. The first kappa shape index (κ1) is 13.2. The Morgan fingerprint density at radius 3 is 2.83 bits per heavy atom. The number of hydrogen-bond donors (Lipinski definition) is 1. The molecule has 0 spiro atoms. The largest absolute Gasteiger partial charge is 0.440 e. The third kappa shape index (κ3) is 2.94. The molecule has 2 aromatic rings. The van der Waals surface area contributed by atoms with Crippen molar-refractivity contribution in [2.75, 3.05) is 0 Å². The standard InChI is InChI=1S/C12H18N4OS/c1-4-10(13)11(9-5-14-16(3)6-9)18-12-15-8(2)7-17-12/h5-7,10-11H,4,13H2,1-3H3. The van der Waals surface area contributed by atoms with Gasteiger partial charge in [0.2, 0.25) is 0 Å². The summed E-state index contributed by atoms with van der Waals surface area (Å²) in [6.45, 7) is 3.99. The van der Waals surface area contributed by atoms with Crippen molar-refractivity contribution in [3.63, 3.8) is 0 Å². The number of aromatic nitrogens is 3. The van der Waals surface area contributed by atoms with Gasteiger partial charge in [-0.05, 0) is 13.3 Å². The van der Waals surface area contributed by atoms with Gasteiger partial charge in [0.25, 0.3) is 5.22 Å². The molecule has 98 valence electrons. The number of nitrogens with zero attached hydrogens (tertiary/aromatic N) is 3. The molecule has 2 N–H and O–H groups in total. The lowest BCUT2D eigenvalue weighted by Crippen LogP contribution is -2.25. The van der Waals surface area contributed by atoms with Crippen molar-refractivity contribution < 1.29 is 4.42 Å². The first-order valence-corrected chi connectivity index (χ1v) is 6.81. The molecule has 6 heteroatoms. The Morgan fingerprint density at radius 2 is 2.33 bits per heavy atom. The minimum Gasteiger partial charge on any atom is -0.440 e. The summed E-state index contributed by atoms with van der Waals surface area (Å²) < 4.78 is 7.17. The van der Waals surface area contributed by atoms with Crippen LogP contribution in [0.15, 0.2) is 28.3 Å². The van der Waals surface area contributed by atoms with Gasteiger partial charge in [0.05, 0.1) is 17.1 Å². The Balaban J connectivity index is 2.20. The Morgan fingerprint density at radius 1 is 1.56 bits per heavy atom. The quantitative estimate of drug-likeness (QED) is 0.841. The molecule has 18 heavy (non-hydrogen) atoms. The molecule has 0 aliphatic carbocycles. The van der Waals surface area contributed by atoms with Crippen LogP contribution in [0.3, 0.4) is 0 Å². The Hall–Kier alpha value is -1.27. The van der Waals surface area contributed by atoms with E-state index >= 15 is 0 Å². The summed E-state index contributed by atoms with van der Waals surface area (Å²) >= 11 is 1.55. The van der Waals surface area contributed by atoms with Crippen molar-refractivity contribution in [1.82, 2.24) is 14.8 Å². The molecule has 0 bridgehead atoms. The van der Waals surface area contributed by atoms with Gasteiger partial charge in [-0.2, -0.15) is 5.10 Å². The van der Waals surface area contributed by atoms with Crippen molar-refractivity contribution in [3.05, 3.63) is 29.9 Å². The lowest BCUT2D eigenvalue weighted by molar-refractivity contribution is 0.451. The van der Waals surface area contributed by atoms with Gasteiger partial charge in [-0.1, -0.05) is 18.7 Å². The van der Waals surface area contributed by atoms with E-state index in [9.17, 15) is 0 Å². The number of oxazole rings is 1. The SMILES string of the molecule is CCC(N)C(Sc1nc(C)co1)c1cnn(C)c1. The number of thioether (sulfide) groups is 1. The summed E-state index contributed by atoms with van der Waals surface area (Å²) in [7, 11) is 1.90. The first-order valence-electron chi connectivity index (χ1n) is 5.93. The van der Waals surface area contributed by atoms with Crippen molar-refractivity contribution in [1.29, 1.82) is 0 Å². The summed E-state index contributed by atoms with van der Waals surface area (Å²) in [5.41, 5.74) is 8.17. The second-order valence-corrected chi connectivity index (χ2v) is 5.41. The number of rotatable bonds is 5. The van der Waals surface area contributed by atoms with E-state index in [0.29, 0.717) is 5.22 Å². The fourth-order valence-corrected chi connectivity index (χ4v) is 2.84. The molecule has 0 radical (unpaired) electrons. The van der Waals surface area contributed by atoms with Gasteiger partial charge in [0, 0.05) is 24.8 Å². The lowest BCUT2D eigenvalue weighted by atomic mass is 10.1. The van der Waals surface area contributed by atoms with E-state index in [4.69, 9.17) is 10.2 Å². The maximum Gasteiger partial charge on any atom is 0.256 e. The summed E-state index contributed by atoms with van der Waals surface area (Å²) in [5, 5.41) is 4.97. The highest BCUT2D eigenvalue weighted by Gasteiger charge is 2.23. The Bertz CT molecular complexity index is 508.